The molecule has 2 aliphatic heterocycles. The van der Waals surface area contributed by atoms with Crippen LogP contribution in [0.5, 0.6) is 0 Å². The standard InChI is InChI=1S/C15H15N3O2S2/c1-15-7-6-12(19)18(15)10(8-21-15)13(20)17-14-16-9-4-2-3-5-11(9)22-14/h2-5,10H,6-8H2,1H3,(H,16,17,20)/t10-,15+/m0/s1. The zero-order chi connectivity index (χ0) is 15.3. The topological polar surface area (TPSA) is 62.3 Å². The van der Waals surface area contributed by atoms with E-state index in [0.29, 0.717) is 17.3 Å². The molecule has 1 N–H and O–H groups in total. The van der Waals surface area contributed by atoms with Gasteiger partial charge in [-0.3, -0.25) is 9.59 Å². The van der Waals surface area contributed by atoms with Gasteiger partial charge in [0.25, 0.3) is 0 Å². The molecule has 2 atom stereocenters. The largest absolute Gasteiger partial charge is 0.315 e. The molecular formula is C15H15N3O2S2. The number of amides is 2. The summed E-state index contributed by atoms with van der Waals surface area (Å²) >= 11 is 3.15. The summed E-state index contributed by atoms with van der Waals surface area (Å²) in [5.41, 5.74) is 0.880. The molecule has 4 rings (SSSR count). The van der Waals surface area contributed by atoms with Crippen LogP contribution in [0.3, 0.4) is 0 Å². The first-order valence-corrected chi connectivity index (χ1v) is 9.00. The first-order chi connectivity index (χ1) is 10.6. The molecule has 7 heteroatoms. The Labute approximate surface area is 136 Å². The molecule has 0 saturated carbocycles. The third-order valence-electron chi connectivity index (χ3n) is 4.27. The molecule has 2 fully saturated rings. The van der Waals surface area contributed by atoms with Crippen LogP contribution in [0.1, 0.15) is 19.8 Å². The zero-order valence-electron chi connectivity index (χ0n) is 12.0. The Morgan fingerprint density at radius 2 is 2.27 bits per heavy atom. The van der Waals surface area contributed by atoms with Gasteiger partial charge < -0.3 is 10.2 Å². The van der Waals surface area contributed by atoms with Gasteiger partial charge in [0.05, 0.1) is 15.1 Å². The summed E-state index contributed by atoms with van der Waals surface area (Å²) in [6.45, 7) is 2.05. The van der Waals surface area contributed by atoms with E-state index in [2.05, 4.69) is 10.3 Å². The number of benzene rings is 1. The highest BCUT2D eigenvalue weighted by Crippen LogP contribution is 2.47. The average molecular weight is 333 g/mol. The van der Waals surface area contributed by atoms with Gasteiger partial charge in [-0.25, -0.2) is 4.98 Å². The van der Waals surface area contributed by atoms with Crippen molar-refractivity contribution in [2.75, 3.05) is 11.1 Å². The Bertz CT molecular complexity index is 742. The molecule has 22 heavy (non-hydrogen) atoms. The Morgan fingerprint density at radius 3 is 3.09 bits per heavy atom. The molecule has 1 aromatic heterocycles. The minimum absolute atomic E-state index is 0.0805. The van der Waals surface area contributed by atoms with Crippen molar-refractivity contribution in [3.63, 3.8) is 0 Å². The first-order valence-electron chi connectivity index (χ1n) is 7.19. The summed E-state index contributed by atoms with van der Waals surface area (Å²) in [5.74, 6) is 0.598. The van der Waals surface area contributed by atoms with Crippen molar-refractivity contribution < 1.29 is 9.59 Å². The molecule has 114 valence electrons. The lowest BCUT2D eigenvalue weighted by Crippen LogP contribution is -2.48. The van der Waals surface area contributed by atoms with Crippen LogP contribution in [-0.4, -0.2) is 38.4 Å². The summed E-state index contributed by atoms with van der Waals surface area (Å²) in [4.78, 5) is 30.6. The van der Waals surface area contributed by atoms with Crippen LogP contribution in [0, 0.1) is 0 Å². The lowest BCUT2D eigenvalue weighted by atomic mass is 10.2. The number of fused-ring (bicyclic) bond motifs is 2. The van der Waals surface area contributed by atoms with Gasteiger partial charge in [-0.1, -0.05) is 23.5 Å². The van der Waals surface area contributed by atoms with Gasteiger partial charge in [-0.15, -0.1) is 11.8 Å². The van der Waals surface area contributed by atoms with Crippen LogP contribution < -0.4 is 5.32 Å². The van der Waals surface area contributed by atoms with E-state index in [1.54, 1.807) is 16.7 Å². The highest BCUT2D eigenvalue weighted by atomic mass is 32.2. The summed E-state index contributed by atoms with van der Waals surface area (Å²) < 4.78 is 1.04. The maximum atomic E-state index is 12.6. The summed E-state index contributed by atoms with van der Waals surface area (Å²) in [6.07, 6.45) is 1.36. The van der Waals surface area contributed by atoms with Crippen LogP contribution in [0.25, 0.3) is 10.2 Å². The van der Waals surface area contributed by atoms with Crippen molar-refractivity contribution in [1.29, 1.82) is 0 Å². The number of carbonyl (C=O) groups excluding carboxylic acids is 2. The second kappa shape index (κ2) is 4.96. The number of carbonyl (C=O) groups is 2. The highest BCUT2D eigenvalue weighted by Gasteiger charge is 2.52. The van der Waals surface area contributed by atoms with Gasteiger partial charge in [0.2, 0.25) is 11.8 Å². The number of nitrogens with one attached hydrogen (secondary N) is 1. The minimum Gasteiger partial charge on any atom is -0.315 e. The molecule has 0 aliphatic carbocycles. The lowest BCUT2D eigenvalue weighted by Gasteiger charge is -2.29. The maximum Gasteiger partial charge on any atom is 0.249 e. The molecule has 0 spiro atoms. The van der Waals surface area contributed by atoms with E-state index in [4.69, 9.17) is 0 Å². The lowest BCUT2D eigenvalue weighted by molar-refractivity contribution is -0.135. The van der Waals surface area contributed by atoms with E-state index in [-0.39, 0.29) is 16.7 Å². The predicted molar refractivity (Wildman–Crippen MR) is 89.0 cm³/mol. The molecule has 0 unspecified atom stereocenters. The molecule has 2 saturated heterocycles. The molecule has 0 bridgehead atoms. The molecule has 2 aliphatic rings. The fourth-order valence-corrected chi connectivity index (χ4v) is 5.43. The van der Waals surface area contributed by atoms with Crippen LogP contribution in [0.15, 0.2) is 24.3 Å². The Hall–Kier alpha value is -1.60. The number of thioether (sulfide) groups is 1. The van der Waals surface area contributed by atoms with Gasteiger partial charge >= 0.3 is 0 Å². The summed E-state index contributed by atoms with van der Waals surface area (Å²) in [5, 5.41) is 3.48. The van der Waals surface area contributed by atoms with Crippen molar-refractivity contribution in [2.24, 2.45) is 0 Å². The second-order valence-electron chi connectivity index (χ2n) is 5.74. The Morgan fingerprint density at radius 1 is 1.45 bits per heavy atom. The second-order valence-corrected chi connectivity index (χ2v) is 8.27. The zero-order valence-corrected chi connectivity index (χ0v) is 13.7. The fraction of sp³-hybridized carbons (Fsp3) is 0.400. The van der Waals surface area contributed by atoms with Crippen LogP contribution in [0.4, 0.5) is 5.13 Å². The van der Waals surface area contributed by atoms with E-state index in [9.17, 15) is 9.59 Å². The Balaban J connectivity index is 1.56. The number of hydrogen-bond donors (Lipinski definition) is 1. The van der Waals surface area contributed by atoms with Crippen molar-refractivity contribution in [1.82, 2.24) is 9.88 Å². The van der Waals surface area contributed by atoms with E-state index in [0.717, 1.165) is 16.6 Å². The highest BCUT2D eigenvalue weighted by molar-refractivity contribution is 8.01. The number of rotatable bonds is 2. The number of nitrogens with zero attached hydrogens (tertiary/aromatic N) is 2. The van der Waals surface area contributed by atoms with Crippen molar-refractivity contribution >= 4 is 50.3 Å². The number of anilines is 1. The molecule has 3 heterocycles. The molecular weight excluding hydrogens is 318 g/mol. The molecule has 0 radical (unpaired) electrons. The van der Waals surface area contributed by atoms with Crippen LogP contribution in [-0.2, 0) is 9.59 Å². The molecule has 2 amide bonds. The van der Waals surface area contributed by atoms with Crippen LogP contribution in [0.2, 0.25) is 0 Å². The van der Waals surface area contributed by atoms with Gasteiger partial charge in [-0.2, -0.15) is 0 Å². The van der Waals surface area contributed by atoms with E-state index < -0.39 is 6.04 Å². The summed E-state index contributed by atoms with van der Waals surface area (Å²) in [7, 11) is 0. The van der Waals surface area contributed by atoms with Crippen molar-refractivity contribution in [2.45, 2.75) is 30.7 Å². The van der Waals surface area contributed by atoms with E-state index >= 15 is 0 Å². The minimum atomic E-state index is -0.392. The van der Waals surface area contributed by atoms with Gasteiger partial charge in [-0.05, 0) is 25.5 Å². The summed E-state index contributed by atoms with van der Waals surface area (Å²) in [6, 6.07) is 7.39. The average Bonchev–Trinajstić information content (AvgIpc) is 3.12. The fourth-order valence-electron chi connectivity index (χ4n) is 3.13. The molecule has 1 aromatic carbocycles. The molecule has 2 aromatic rings. The Kier molecular flexibility index (Phi) is 3.16. The number of thiazole rings is 1. The SMILES string of the molecule is C[C@@]12CCC(=O)N1[C@H](C(=O)Nc1nc3ccccc3s1)CS2. The van der Waals surface area contributed by atoms with Gasteiger partial charge in [0, 0.05) is 12.2 Å². The maximum absolute atomic E-state index is 12.6. The number of aromatic nitrogens is 1. The van der Waals surface area contributed by atoms with Gasteiger partial charge in [0.15, 0.2) is 5.13 Å². The third-order valence-corrected chi connectivity index (χ3v) is 6.73. The third kappa shape index (κ3) is 2.11. The number of hydrogen-bond acceptors (Lipinski definition) is 5. The van der Waals surface area contributed by atoms with E-state index in [1.165, 1.54) is 11.3 Å². The normalized spacial score (nSPS) is 27.4. The quantitative estimate of drug-likeness (QED) is 0.918. The number of para-hydroxylation sites is 1. The predicted octanol–water partition coefficient (Wildman–Crippen LogP) is 2.69. The first kappa shape index (κ1) is 14.0. The smallest absolute Gasteiger partial charge is 0.249 e. The van der Waals surface area contributed by atoms with Crippen molar-refractivity contribution in [3.8, 4) is 0 Å². The van der Waals surface area contributed by atoms with Crippen LogP contribution >= 0.6 is 23.1 Å². The monoisotopic (exact) mass is 333 g/mol. The van der Waals surface area contributed by atoms with E-state index in [1.807, 2.05) is 31.2 Å². The van der Waals surface area contributed by atoms with Gasteiger partial charge in [0.1, 0.15) is 6.04 Å². The van der Waals surface area contributed by atoms with Crippen molar-refractivity contribution in [3.05, 3.63) is 24.3 Å². The molecule has 5 nitrogen and oxygen atoms in total.